The highest BCUT2D eigenvalue weighted by molar-refractivity contribution is 7.19. The van der Waals surface area contributed by atoms with Crippen LogP contribution in [0.3, 0.4) is 0 Å². The number of rotatable bonds is 1. The maximum absolute atomic E-state index is 4.81. The molecule has 0 aliphatic heterocycles. The maximum atomic E-state index is 4.81. The summed E-state index contributed by atoms with van der Waals surface area (Å²) in [6.07, 6.45) is 2.19. The lowest BCUT2D eigenvalue weighted by molar-refractivity contribution is -0.493. The Kier molecular flexibility index (Phi) is 5.14. The molecule has 0 spiro atoms. The first-order valence-corrected chi connectivity index (χ1v) is 11.0. The molecule has 0 saturated heterocycles. The Morgan fingerprint density at radius 1 is 0.767 bits per heavy atom. The minimum atomic E-state index is 0. The number of aromatic nitrogens is 3. The molecule has 6 heteroatoms. The summed E-state index contributed by atoms with van der Waals surface area (Å²) < 4.78 is 5.90. The molecule has 6 rings (SSSR count). The molecule has 0 atom stereocenters. The highest BCUT2D eigenvalue weighted by Crippen LogP contribution is 2.22. The normalized spacial score (nSPS) is 13.1. The summed E-state index contributed by atoms with van der Waals surface area (Å²) in [5.74, 6) is 0. The lowest BCUT2D eigenvalue weighted by Gasteiger charge is -1.92. The number of halogens is 1. The number of nitrogens with zero attached hydrogens (tertiary/aromatic N) is 2. The molecule has 0 fully saturated rings. The van der Waals surface area contributed by atoms with Gasteiger partial charge < -0.3 is 24.0 Å². The first kappa shape index (κ1) is 19.4. The summed E-state index contributed by atoms with van der Waals surface area (Å²) in [5.41, 5.74) is 4.41. The van der Waals surface area contributed by atoms with Gasteiger partial charge in [0, 0.05) is 17.5 Å². The molecule has 0 bridgehead atoms. The summed E-state index contributed by atoms with van der Waals surface area (Å²) in [6.45, 7) is 0. The highest BCUT2D eigenvalue weighted by Gasteiger charge is 2.09. The van der Waals surface area contributed by atoms with Gasteiger partial charge in [-0.1, -0.05) is 53.8 Å². The molecule has 3 aromatic carbocycles. The van der Waals surface area contributed by atoms with Crippen LogP contribution in [0.25, 0.3) is 37.4 Å². The molecule has 30 heavy (non-hydrogen) atoms. The fourth-order valence-electron chi connectivity index (χ4n) is 3.64. The monoisotopic (exact) mass is 537 g/mol. The predicted octanol–water partition coefficient (Wildman–Crippen LogP) is 2.19. The van der Waals surface area contributed by atoms with Crippen molar-refractivity contribution in [1.82, 2.24) is 9.97 Å². The van der Waals surface area contributed by atoms with Crippen LogP contribution in [0.5, 0.6) is 0 Å². The van der Waals surface area contributed by atoms with Gasteiger partial charge in [-0.2, -0.15) is 4.24 Å². The Hall–Kier alpha value is -2.55. The van der Waals surface area contributed by atoms with Gasteiger partial charge in [-0.25, -0.2) is 9.97 Å². The van der Waals surface area contributed by atoms with Gasteiger partial charge in [-0.05, 0) is 36.4 Å². The van der Waals surface area contributed by atoms with Crippen LogP contribution in [0.2, 0.25) is 0 Å². The van der Waals surface area contributed by atoms with Gasteiger partial charge in [0.1, 0.15) is 10.5 Å². The first-order chi connectivity index (χ1) is 14.3. The van der Waals surface area contributed by atoms with Crippen molar-refractivity contribution in [3.63, 3.8) is 0 Å². The zero-order chi connectivity index (χ0) is 19.2. The Balaban J connectivity index is 0.00000193. The second-order valence-corrected chi connectivity index (χ2v) is 8.96. The van der Waals surface area contributed by atoms with E-state index in [1.54, 1.807) is 22.7 Å². The molecule has 0 amide bonds. The number of hydrogen-bond donors (Lipinski definition) is 1. The van der Waals surface area contributed by atoms with Crippen molar-refractivity contribution in [3.05, 3.63) is 100 Å². The second kappa shape index (κ2) is 7.94. The van der Waals surface area contributed by atoms with E-state index in [0.29, 0.717) is 0 Å². The van der Waals surface area contributed by atoms with Crippen LogP contribution in [-0.2, 0) is 0 Å². The quantitative estimate of drug-likeness (QED) is 0.254. The molecule has 146 valence electrons. The number of H-pyrrole nitrogens is 1. The third-order valence-corrected chi connectivity index (χ3v) is 7.04. The Morgan fingerprint density at radius 3 is 2.43 bits per heavy atom. The zero-order valence-electron chi connectivity index (χ0n) is 15.7. The fraction of sp³-hybridized carbons (Fsp3) is 0. The molecule has 6 aromatic rings. The summed E-state index contributed by atoms with van der Waals surface area (Å²) >= 11 is 3.51. The van der Waals surface area contributed by atoms with Crippen molar-refractivity contribution in [3.8, 4) is 0 Å². The molecule has 0 aliphatic carbocycles. The van der Waals surface area contributed by atoms with Crippen molar-refractivity contribution in [1.29, 1.82) is 0 Å². The largest absolute Gasteiger partial charge is 1.00 e. The minimum absolute atomic E-state index is 0. The van der Waals surface area contributed by atoms with Crippen LogP contribution < -0.4 is 32.9 Å². The van der Waals surface area contributed by atoms with Crippen LogP contribution in [0.15, 0.2) is 84.9 Å². The summed E-state index contributed by atoms with van der Waals surface area (Å²) in [4.78, 5) is 8.42. The molecule has 3 heterocycles. The molecule has 3 nitrogen and oxygen atoms in total. The predicted molar refractivity (Wildman–Crippen MR) is 122 cm³/mol. The Morgan fingerprint density at radius 2 is 1.53 bits per heavy atom. The van der Waals surface area contributed by atoms with Crippen molar-refractivity contribution >= 4 is 60.1 Å². The highest BCUT2D eigenvalue weighted by atomic mass is 127. The SMILES string of the molecule is C(c1nc2ccccc2s1)=c1sc2ccccc2[n+]1=c1ccc2ccccc2[nH]1.[I-]. The molecular weight excluding hydrogens is 521 g/mol. The van der Waals surface area contributed by atoms with E-state index in [4.69, 9.17) is 4.98 Å². The van der Waals surface area contributed by atoms with E-state index in [1.165, 1.54) is 20.3 Å². The maximum Gasteiger partial charge on any atom is 0.285 e. The topological polar surface area (TPSA) is 34.6 Å². The minimum Gasteiger partial charge on any atom is -1.00 e. The number of fused-ring (bicyclic) bond motifs is 3. The van der Waals surface area contributed by atoms with E-state index in [9.17, 15) is 0 Å². The van der Waals surface area contributed by atoms with Gasteiger partial charge in [0.25, 0.3) is 5.49 Å². The average Bonchev–Trinajstić information content (AvgIpc) is 3.33. The van der Waals surface area contributed by atoms with Crippen LogP contribution in [0.1, 0.15) is 5.01 Å². The Labute approximate surface area is 197 Å². The van der Waals surface area contributed by atoms with Gasteiger partial charge in [0.2, 0.25) is 0 Å². The smallest absolute Gasteiger partial charge is 0.285 e. The molecule has 0 saturated carbocycles. The van der Waals surface area contributed by atoms with Gasteiger partial charge in [-0.15, -0.1) is 11.3 Å². The standard InChI is InChI=1S/C24H15N3S2.HI/c1-2-8-17-16(7-1)13-14-22(25-17)27-19-10-4-6-12-21(19)29-24(27)15-23-26-18-9-3-5-11-20(18)28-23;/h1-15H;1H. The van der Waals surface area contributed by atoms with Gasteiger partial charge in [0.05, 0.1) is 14.9 Å². The lowest BCUT2D eigenvalue weighted by Crippen LogP contribution is -3.00. The van der Waals surface area contributed by atoms with Crippen molar-refractivity contribution in [2.45, 2.75) is 0 Å². The number of aromatic amines is 1. The van der Waals surface area contributed by atoms with Gasteiger partial charge in [0.15, 0.2) is 10.2 Å². The van der Waals surface area contributed by atoms with E-state index >= 15 is 0 Å². The molecular formula is C24H16IN3S2. The van der Waals surface area contributed by atoms with Crippen LogP contribution in [-0.4, -0.2) is 9.97 Å². The van der Waals surface area contributed by atoms with E-state index in [-0.39, 0.29) is 24.0 Å². The number of pyridine rings is 1. The zero-order valence-corrected chi connectivity index (χ0v) is 19.5. The summed E-state index contributed by atoms with van der Waals surface area (Å²) in [5, 5.41) is 2.22. The number of nitrogens with one attached hydrogen (secondary N) is 1. The average molecular weight is 537 g/mol. The van der Waals surface area contributed by atoms with Crippen LogP contribution >= 0.6 is 22.7 Å². The van der Waals surface area contributed by atoms with Crippen molar-refractivity contribution in [2.75, 3.05) is 0 Å². The van der Waals surface area contributed by atoms with Gasteiger partial charge >= 0.3 is 0 Å². The number of benzene rings is 3. The van der Waals surface area contributed by atoms with E-state index in [1.807, 2.05) is 6.07 Å². The molecule has 1 N–H and O–H groups in total. The van der Waals surface area contributed by atoms with E-state index in [2.05, 4.69) is 94.2 Å². The summed E-state index contributed by atoms with van der Waals surface area (Å²) in [7, 11) is 0. The summed E-state index contributed by atoms with van der Waals surface area (Å²) in [6, 6.07) is 29.5. The molecule has 0 radical (unpaired) electrons. The first-order valence-electron chi connectivity index (χ1n) is 9.40. The van der Waals surface area contributed by atoms with E-state index < -0.39 is 0 Å². The second-order valence-electron chi connectivity index (χ2n) is 6.84. The number of para-hydroxylation sites is 3. The lowest BCUT2D eigenvalue weighted by atomic mass is 10.2. The van der Waals surface area contributed by atoms with Crippen LogP contribution in [0.4, 0.5) is 0 Å². The molecule has 0 aliphatic rings. The fourth-order valence-corrected chi connectivity index (χ4v) is 5.71. The van der Waals surface area contributed by atoms with E-state index in [0.717, 1.165) is 26.2 Å². The third-order valence-electron chi connectivity index (χ3n) is 4.98. The van der Waals surface area contributed by atoms with Crippen molar-refractivity contribution < 1.29 is 28.2 Å². The Bertz CT molecular complexity index is 1650. The van der Waals surface area contributed by atoms with Crippen molar-refractivity contribution in [2.24, 2.45) is 0 Å². The molecule has 3 aromatic heterocycles. The number of hydrogen-bond acceptors (Lipinski definition) is 3. The third kappa shape index (κ3) is 3.34. The number of thiazole rings is 2. The van der Waals surface area contributed by atoms with Gasteiger partial charge in [-0.3, -0.25) is 0 Å². The van der Waals surface area contributed by atoms with Crippen LogP contribution in [0, 0.1) is 5.49 Å². The molecule has 0 unspecified atom stereocenters.